The van der Waals surface area contributed by atoms with E-state index in [0.29, 0.717) is 33.4 Å². The van der Waals surface area contributed by atoms with Gasteiger partial charge in [-0.1, -0.05) is 49.6 Å². The Morgan fingerprint density at radius 2 is 1.68 bits per heavy atom. The van der Waals surface area contributed by atoms with Crippen LogP contribution in [0.15, 0.2) is 60.9 Å². The third-order valence-corrected chi connectivity index (χ3v) is 17.1. The van der Waals surface area contributed by atoms with Crippen LogP contribution in [0.1, 0.15) is 76.3 Å². The standard InChI is InChI=1S/C54H67ClN12O6/c1-4-34-9-10-36(42(55)23-34)28-57-50(72)45-24-40(69)33-67(45)51(73)47(53(2,3)15-22-68)60-49(71)35-11-13-54(14-12-35)26-37(27-54)63-16-18-64(19-17-63)38-29-58-52(59-30-38)65-20-21-66-39(32-65)31-56-48-44(66)25-43(61-62-48)41-7-5-6-8-46(41)70/h1,5-10,23,25,29-30,35,37,39-40,45,47,68-70H,11-22,24,26-28,31-33H2,2-3H3,(H,56,62)(H,57,72)(H,60,71)/t35?,37?,39-,40+,45-,47-,54?/m0/s1. The van der Waals surface area contributed by atoms with Crippen LogP contribution < -0.4 is 30.7 Å². The summed E-state index contributed by atoms with van der Waals surface area (Å²) < 4.78 is 0. The Hall–Kier alpha value is -6.26. The molecular weight excluding hydrogens is 948 g/mol. The van der Waals surface area contributed by atoms with E-state index in [1.807, 2.05) is 44.4 Å². The number of para-hydroxylation sites is 1. The summed E-state index contributed by atoms with van der Waals surface area (Å²) in [4.78, 5) is 62.8. The Morgan fingerprint density at radius 3 is 2.40 bits per heavy atom. The van der Waals surface area contributed by atoms with Crippen molar-refractivity contribution in [1.29, 1.82) is 0 Å². The average Bonchev–Trinajstić information content (AvgIpc) is 3.80. The summed E-state index contributed by atoms with van der Waals surface area (Å²) >= 11 is 6.40. The number of carbonyl (C=O) groups is 3. The quantitative estimate of drug-likeness (QED) is 0.104. The molecule has 4 aromatic rings. The van der Waals surface area contributed by atoms with Gasteiger partial charge in [0.15, 0.2) is 5.82 Å². The van der Waals surface area contributed by atoms with E-state index in [4.69, 9.17) is 28.0 Å². The van der Waals surface area contributed by atoms with E-state index in [1.165, 1.54) is 4.90 Å². The van der Waals surface area contributed by atoms with Gasteiger partial charge in [-0.15, -0.1) is 16.6 Å². The van der Waals surface area contributed by atoms with Crippen molar-refractivity contribution < 1.29 is 29.7 Å². The number of hydrogen-bond donors (Lipinski definition) is 6. The SMILES string of the molecule is C#Cc1ccc(CNC(=O)[C@@H]2C[C@@H](O)CN2C(=O)[C@H](NC(=O)C2CCC3(CC2)CC(N2CCN(c4cnc(N5CCN6c7cc(-c8ccccc8O)nnc7NC[C@H]6C5)nc4)CC2)C3)C(C)(C)CCO)c(Cl)c1. The largest absolute Gasteiger partial charge is 0.507 e. The lowest BCUT2D eigenvalue weighted by Crippen LogP contribution is -2.60. The first kappa shape index (κ1) is 50.3. The lowest BCUT2D eigenvalue weighted by atomic mass is 9.56. The van der Waals surface area contributed by atoms with E-state index in [-0.39, 0.29) is 61.6 Å². The van der Waals surface area contributed by atoms with Crippen molar-refractivity contribution in [2.24, 2.45) is 16.7 Å². The van der Waals surface area contributed by atoms with Gasteiger partial charge in [-0.3, -0.25) is 19.3 Å². The van der Waals surface area contributed by atoms with E-state index in [1.54, 1.807) is 30.3 Å². The van der Waals surface area contributed by atoms with Crippen LogP contribution in [0.4, 0.5) is 23.1 Å². The minimum Gasteiger partial charge on any atom is -0.507 e. The number of rotatable bonds is 13. The highest BCUT2D eigenvalue weighted by Crippen LogP contribution is 2.54. The van der Waals surface area contributed by atoms with Crippen molar-refractivity contribution in [3.63, 3.8) is 0 Å². The fraction of sp³-hybridized carbons (Fsp3) is 0.537. The monoisotopic (exact) mass is 1010 g/mol. The van der Waals surface area contributed by atoms with Crippen LogP contribution in [0, 0.1) is 29.1 Å². The maximum atomic E-state index is 14.4. The number of amides is 3. The van der Waals surface area contributed by atoms with Crippen molar-refractivity contribution in [1.82, 2.24) is 40.6 Å². The molecule has 2 aromatic carbocycles. The van der Waals surface area contributed by atoms with Gasteiger partial charge in [-0.2, -0.15) is 0 Å². The number of phenolic OH excluding ortho intramolecular Hbond substituents is 1. The first-order valence-corrected chi connectivity index (χ1v) is 26.2. The second kappa shape index (κ2) is 20.9. The third kappa shape index (κ3) is 10.5. The normalized spacial score (nSPS) is 25.5. The Labute approximate surface area is 431 Å². The summed E-state index contributed by atoms with van der Waals surface area (Å²) in [7, 11) is 0. The highest BCUT2D eigenvalue weighted by molar-refractivity contribution is 6.31. The number of piperazine rings is 2. The van der Waals surface area contributed by atoms with Gasteiger partial charge in [0.2, 0.25) is 23.7 Å². The number of halogens is 1. The number of β-amino-alcohol motifs (C(OH)–C–C–N with tert-alkyl or cyclic N) is 1. The average molecular weight is 1020 g/mol. The maximum Gasteiger partial charge on any atom is 0.246 e. The van der Waals surface area contributed by atoms with Crippen molar-refractivity contribution in [3.05, 3.63) is 77.1 Å². The van der Waals surface area contributed by atoms with Crippen LogP contribution in [0.25, 0.3) is 11.3 Å². The minimum absolute atomic E-state index is 0.0444. The summed E-state index contributed by atoms with van der Waals surface area (Å²) in [5.41, 5.74) is 3.98. The minimum atomic E-state index is -1.01. The first-order chi connectivity index (χ1) is 35.2. The number of terminal acetylenes is 1. The number of nitrogens with zero attached hydrogens (tertiary/aromatic N) is 9. The number of carbonyl (C=O) groups excluding carboxylic acids is 3. The predicted molar refractivity (Wildman–Crippen MR) is 279 cm³/mol. The van der Waals surface area contributed by atoms with Crippen LogP contribution in [-0.4, -0.2) is 159 Å². The molecule has 0 bridgehead atoms. The Balaban J connectivity index is 0.680. The number of aromatic hydroxyl groups is 1. The highest BCUT2D eigenvalue weighted by atomic mass is 35.5. The fourth-order valence-corrected chi connectivity index (χ4v) is 12.5. The molecule has 2 aliphatic carbocycles. The lowest BCUT2D eigenvalue weighted by molar-refractivity contribution is -0.145. The van der Waals surface area contributed by atoms with Crippen molar-refractivity contribution >= 4 is 52.5 Å². The van der Waals surface area contributed by atoms with Gasteiger partial charge in [-0.25, -0.2) is 9.97 Å². The first-order valence-electron chi connectivity index (χ1n) is 25.9. The number of fused-ring (bicyclic) bond motifs is 3. The van der Waals surface area contributed by atoms with E-state index < -0.39 is 35.4 Å². The Bertz CT molecular complexity index is 2710. The molecule has 0 unspecified atom stereocenters. The molecule has 4 atom stereocenters. The molecule has 3 amide bonds. The van der Waals surface area contributed by atoms with Crippen LogP contribution >= 0.6 is 11.6 Å². The van der Waals surface area contributed by atoms with Crippen molar-refractivity contribution in [3.8, 4) is 29.4 Å². The predicted octanol–water partition coefficient (Wildman–Crippen LogP) is 4.03. The van der Waals surface area contributed by atoms with Crippen LogP contribution in [-0.2, 0) is 20.9 Å². The Morgan fingerprint density at radius 1 is 0.945 bits per heavy atom. The summed E-state index contributed by atoms with van der Waals surface area (Å²) in [5.74, 6) is 2.89. The van der Waals surface area contributed by atoms with E-state index >= 15 is 0 Å². The fourth-order valence-electron chi connectivity index (χ4n) is 12.2. The second-order valence-electron chi connectivity index (χ2n) is 21.7. The van der Waals surface area contributed by atoms with Gasteiger partial charge in [0.25, 0.3) is 0 Å². The molecule has 4 aliphatic heterocycles. The molecule has 0 radical (unpaired) electrons. The van der Waals surface area contributed by atoms with Crippen LogP contribution in [0.2, 0.25) is 5.02 Å². The molecule has 5 fully saturated rings. The molecule has 6 aliphatic rings. The number of phenols is 1. The van der Waals surface area contributed by atoms with Gasteiger partial charge >= 0.3 is 0 Å². The molecule has 2 aromatic heterocycles. The molecule has 6 heterocycles. The molecule has 3 saturated heterocycles. The van der Waals surface area contributed by atoms with Gasteiger partial charge in [0.1, 0.15) is 17.8 Å². The number of benzene rings is 2. The van der Waals surface area contributed by atoms with E-state index in [9.17, 15) is 29.7 Å². The summed E-state index contributed by atoms with van der Waals surface area (Å²) in [5, 5.41) is 49.8. The topological polar surface area (TPSA) is 216 Å². The third-order valence-electron chi connectivity index (χ3n) is 16.7. The number of nitrogens with one attached hydrogen (secondary N) is 3. The molecule has 1 spiro atoms. The molecule has 73 heavy (non-hydrogen) atoms. The van der Waals surface area contributed by atoms with E-state index in [0.717, 1.165) is 114 Å². The van der Waals surface area contributed by atoms with Gasteiger partial charge in [0, 0.05) is 107 Å². The van der Waals surface area contributed by atoms with Gasteiger partial charge < -0.3 is 50.9 Å². The molecular formula is C54H67ClN12O6. The van der Waals surface area contributed by atoms with Gasteiger partial charge in [0.05, 0.1) is 41.6 Å². The van der Waals surface area contributed by atoms with Crippen LogP contribution in [0.3, 0.4) is 0 Å². The highest BCUT2D eigenvalue weighted by Gasteiger charge is 2.50. The number of aromatic nitrogens is 4. The number of hydrogen-bond acceptors (Lipinski definition) is 15. The smallest absolute Gasteiger partial charge is 0.246 e. The van der Waals surface area contributed by atoms with Crippen molar-refractivity contribution in [2.75, 3.05) is 85.5 Å². The zero-order chi connectivity index (χ0) is 51.0. The number of anilines is 4. The lowest BCUT2D eigenvalue weighted by Gasteiger charge is -2.56. The number of aliphatic hydroxyl groups excluding tert-OH is 2. The summed E-state index contributed by atoms with van der Waals surface area (Å²) in [6.45, 7) is 10.3. The summed E-state index contributed by atoms with van der Waals surface area (Å²) in [6, 6.07) is 13.1. The molecule has 10 rings (SSSR count). The number of aliphatic hydroxyl groups is 2. The molecule has 19 heteroatoms. The number of likely N-dealkylation sites (tertiary alicyclic amines) is 1. The second-order valence-corrected chi connectivity index (χ2v) is 22.1. The molecule has 6 N–H and O–H groups in total. The molecule has 386 valence electrons. The van der Waals surface area contributed by atoms with E-state index in [2.05, 4.69) is 51.7 Å². The van der Waals surface area contributed by atoms with Crippen LogP contribution in [0.5, 0.6) is 5.75 Å². The maximum absolute atomic E-state index is 14.4. The zero-order valence-corrected chi connectivity index (χ0v) is 42.5. The van der Waals surface area contributed by atoms with Crippen molar-refractivity contribution in [2.45, 2.75) is 102 Å². The molecule has 2 saturated carbocycles. The summed E-state index contributed by atoms with van der Waals surface area (Å²) in [6.07, 6.45) is 14.4. The Kier molecular flexibility index (Phi) is 14.4. The molecule has 18 nitrogen and oxygen atoms in total. The zero-order valence-electron chi connectivity index (χ0n) is 41.7. The van der Waals surface area contributed by atoms with Gasteiger partial charge in [-0.05, 0) is 91.7 Å².